The van der Waals surface area contributed by atoms with Crippen LogP contribution in [-0.4, -0.2) is 23.1 Å². The number of halogens is 1. The average Bonchev–Trinajstić information content (AvgIpc) is 2.47. The first kappa shape index (κ1) is 15.6. The Morgan fingerprint density at radius 1 is 1.33 bits per heavy atom. The van der Waals surface area contributed by atoms with Crippen molar-refractivity contribution in [2.24, 2.45) is 10.9 Å². The van der Waals surface area contributed by atoms with Gasteiger partial charge in [0, 0.05) is 16.1 Å². The van der Waals surface area contributed by atoms with Crippen LogP contribution in [0, 0.1) is 0 Å². The lowest BCUT2D eigenvalue weighted by molar-refractivity contribution is 0.244. The maximum atomic E-state index is 12.1. The Morgan fingerprint density at radius 2 is 2.05 bits per heavy atom. The summed E-state index contributed by atoms with van der Waals surface area (Å²) in [4.78, 5) is 12.1. The van der Waals surface area contributed by atoms with Crippen molar-refractivity contribution in [3.63, 3.8) is 0 Å². The lowest BCUT2D eigenvalue weighted by Gasteiger charge is -2.23. The summed E-state index contributed by atoms with van der Waals surface area (Å²) in [5.74, 6) is -0.0459. The predicted molar refractivity (Wildman–Crippen MR) is 85.7 cm³/mol. The number of hydrogen-bond acceptors (Lipinski definition) is 3. The molecule has 5 N–H and O–H groups in total. The highest BCUT2D eigenvalue weighted by Crippen LogP contribution is 2.22. The van der Waals surface area contributed by atoms with Crippen LogP contribution in [0.2, 0.25) is 0 Å². The number of nitrogens with zero attached hydrogens (tertiary/aromatic N) is 1. The zero-order chi connectivity index (χ0) is 15.2. The molecule has 114 valence electrons. The van der Waals surface area contributed by atoms with Gasteiger partial charge in [-0.2, -0.15) is 0 Å². The van der Waals surface area contributed by atoms with E-state index in [9.17, 15) is 4.79 Å². The summed E-state index contributed by atoms with van der Waals surface area (Å²) < 4.78 is 0.796. The van der Waals surface area contributed by atoms with Crippen molar-refractivity contribution in [1.29, 1.82) is 0 Å². The molecule has 1 fully saturated rings. The quantitative estimate of drug-likeness (QED) is 0.290. The molecule has 0 spiro atoms. The van der Waals surface area contributed by atoms with E-state index in [2.05, 4.69) is 31.7 Å². The van der Waals surface area contributed by atoms with Gasteiger partial charge in [-0.15, -0.1) is 0 Å². The first-order chi connectivity index (χ1) is 10.1. The fourth-order valence-electron chi connectivity index (χ4n) is 2.49. The summed E-state index contributed by atoms with van der Waals surface area (Å²) in [5, 5.41) is 17.5. The third kappa shape index (κ3) is 4.35. The zero-order valence-corrected chi connectivity index (χ0v) is 13.2. The Bertz CT molecular complexity index is 542. The molecule has 21 heavy (non-hydrogen) atoms. The number of amidine groups is 1. The number of rotatable bonds is 3. The number of anilines is 1. The van der Waals surface area contributed by atoms with Gasteiger partial charge in [0.25, 0.3) is 0 Å². The first-order valence-corrected chi connectivity index (χ1v) is 7.74. The second-order valence-electron chi connectivity index (χ2n) is 5.11. The van der Waals surface area contributed by atoms with Crippen LogP contribution in [0.3, 0.4) is 0 Å². The smallest absolute Gasteiger partial charge is 0.319 e. The molecule has 2 rings (SSSR count). The van der Waals surface area contributed by atoms with Gasteiger partial charge in [0.15, 0.2) is 5.84 Å². The number of nitrogens with two attached hydrogens (primary N) is 1. The zero-order valence-electron chi connectivity index (χ0n) is 11.6. The Kier molecular flexibility index (Phi) is 5.44. The van der Waals surface area contributed by atoms with Crippen molar-refractivity contribution in [3.05, 3.63) is 28.2 Å². The number of urea groups is 1. The summed E-state index contributed by atoms with van der Waals surface area (Å²) in [7, 11) is 0. The van der Waals surface area contributed by atoms with Gasteiger partial charge in [0.1, 0.15) is 0 Å². The van der Waals surface area contributed by atoms with Gasteiger partial charge in [-0.3, -0.25) is 0 Å². The van der Waals surface area contributed by atoms with Crippen molar-refractivity contribution in [2.75, 3.05) is 5.32 Å². The normalized spacial score (nSPS) is 16.5. The standard InChI is InChI=1S/C14H19BrN4O2/c15-9-6-7-11(13(16)19-21)12(8-9)18-14(20)17-10-4-2-1-3-5-10/h6-8,10,21H,1-5H2,(H2,16,19)(H2,17,18,20). The van der Waals surface area contributed by atoms with Gasteiger partial charge < -0.3 is 21.6 Å². The number of carbonyl (C=O) groups excluding carboxylic acids is 1. The van der Waals surface area contributed by atoms with Gasteiger partial charge >= 0.3 is 6.03 Å². The molecule has 1 aromatic carbocycles. The van der Waals surface area contributed by atoms with Crippen LogP contribution in [0.15, 0.2) is 27.8 Å². The highest BCUT2D eigenvalue weighted by Gasteiger charge is 2.17. The maximum absolute atomic E-state index is 12.1. The van der Waals surface area contributed by atoms with E-state index < -0.39 is 0 Å². The molecule has 0 aliphatic heterocycles. The summed E-state index contributed by atoms with van der Waals surface area (Å²) >= 11 is 3.34. The minimum Gasteiger partial charge on any atom is -0.409 e. The van der Waals surface area contributed by atoms with E-state index in [-0.39, 0.29) is 17.9 Å². The molecular formula is C14H19BrN4O2. The van der Waals surface area contributed by atoms with Gasteiger partial charge in [-0.05, 0) is 31.0 Å². The molecule has 2 amide bonds. The number of benzene rings is 1. The van der Waals surface area contributed by atoms with Crippen molar-refractivity contribution in [3.8, 4) is 0 Å². The van der Waals surface area contributed by atoms with E-state index in [1.54, 1.807) is 18.2 Å². The van der Waals surface area contributed by atoms with Crippen molar-refractivity contribution >= 4 is 33.5 Å². The maximum Gasteiger partial charge on any atom is 0.319 e. The molecule has 0 bridgehead atoms. The monoisotopic (exact) mass is 354 g/mol. The Hall–Kier alpha value is -1.76. The van der Waals surface area contributed by atoms with Gasteiger partial charge in [0.05, 0.1) is 5.69 Å². The topological polar surface area (TPSA) is 99.7 Å². The van der Waals surface area contributed by atoms with Crippen LogP contribution in [0.5, 0.6) is 0 Å². The SMILES string of the molecule is N/C(=N/O)c1ccc(Br)cc1NC(=O)NC1CCCCC1. The number of carbonyl (C=O) groups is 1. The van der Waals surface area contributed by atoms with Crippen LogP contribution in [0.25, 0.3) is 0 Å². The van der Waals surface area contributed by atoms with Gasteiger partial charge in [-0.25, -0.2) is 4.79 Å². The Balaban J connectivity index is 2.07. The number of nitrogens with one attached hydrogen (secondary N) is 2. The molecule has 0 unspecified atom stereocenters. The van der Waals surface area contributed by atoms with Crippen molar-refractivity contribution < 1.29 is 10.0 Å². The van der Waals surface area contributed by atoms with E-state index >= 15 is 0 Å². The first-order valence-electron chi connectivity index (χ1n) is 6.95. The lowest BCUT2D eigenvalue weighted by atomic mass is 9.96. The summed E-state index contributed by atoms with van der Waals surface area (Å²) in [6.07, 6.45) is 5.56. The lowest BCUT2D eigenvalue weighted by Crippen LogP contribution is -2.39. The second-order valence-corrected chi connectivity index (χ2v) is 6.02. The number of oxime groups is 1. The third-order valence-electron chi connectivity index (χ3n) is 3.55. The summed E-state index contributed by atoms with van der Waals surface area (Å²) in [6, 6.07) is 5.10. The molecule has 1 aliphatic rings. The van der Waals surface area contributed by atoms with E-state index in [0.717, 1.165) is 30.2 Å². The highest BCUT2D eigenvalue weighted by atomic mass is 79.9. The summed E-state index contributed by atoms with van der Waals surface area (Å²) in [5.41, 5.74) is 6.58. The van der Waals surface area contributed by atoms with Crippen LogP contribution in [0.1, 0.15) is 37.7 Å². The Morgan fingerprint density at radius 3 is 2.71 bits per heavy atom. The molecule has 0 aromatic heterocycles. The molecule has 0 saturated heterocycles. The van der Waals surface area contributed by atoms with Gasteiger partial charge in [0.2, 0.25) is 0 Å². The molecule has 6 nitrogen and oxygen atoms in total. The highest BCUT2D eigenvalue weighted by molar-refractivity contribution is 9.10. The molecule has 1 aliphatic carbocycles. The molecular weight excluding hydrogens is 336 g/mol. The molecule has 7 heteroatoms. The van der Waals surface area contributed by atoms with E-state index in [1.165, 1.54) is 6.42 Å². The minimum absolute atomic E-state index is 0.0459. The van der Waals surface area contributed by atoms with E-state index in [4.69, 9.17) is 10.9 Å². The fourth-order valence-corrected chi connectivity index (χ4v) is 2.85. The molecule has 1 aromatic rings. The van der Waals surface area contributed by atoms with Crippen LogP contribution >= 0.6 is 15.9 Å². The largest absolute Gasteiger partial charge is 0.409 e. The summed E-state index contributed by atoms with van der Waals surface area (Å²) in [6.45, 7) is 0. The third-order valence-corrected chi connectivity index (χ3v) is 4.05. The van der Waals surface area contributed by atoms with Crippen LogP contribution < -0.4 is 16.4 Å². The van der Waals surface area contributed by atoms with E-state index in [1.807, 2.05) is 0 Å². The second kappa shape index (κ2) is 7.31. The van der Waals surface area contributed by atoms with Crippen molar-refractivity contribution in [1.82, 2.24) is 5.32 Å². The van der Waals surface area contributed by atoms with Gasteiger partial charge in [-0.1, -0.05) is 40.3 Å². The molecule has 1 saturated carbocycles. The van der Waals surface area contributed by atoms with Crippen LogP contribution in [-0.2, 0) is 0 Å². The average molecular weight is 355 g/mol. The van der Waals surface area contributed by atoms with Crippen LogP contribution in [0.4, 0.5) is 10.5 Å². The fraction of sp³-hybridized carbons (Fsp3) is 0.429. The molecule has 0 radical (unpaired) electrons. The number of amides is 2. The predicted octanol–water partition coefficient (Wildman–Crippen LogP) is 3.00. The minimum atomic E-state index is -0.271. The Labute approximate surface area is 131 Å². The number of hydrogen-bond donors (Lipinski definition) is 4. The van der Waals surface area contributed by atoms with Crippen molar-refractivity contribution in [2.45, 2.75) is 38.1 Å². The van der Waals surface area contributed by atoms with E-state index in [0.29, 0.717) is 11.3 Å². The molecule has 0 atom stereocenters. The molecule has 0 heterocycles.